The number of carbonyl (C=O) groups excluding carboxylic acids is 3. The quantitative estimate of drug-likeness (QED) is 0.152. The number of carbonyl (C=O) groups is 3. The average Bonchev–Trinajstić information content (AvgIpc) is 2.92. The standard InChI is InChI=1S/C29H25I4NO8/c1-29(2,15-3-5-34-6-4-15)42-26(37)14-7-18(40-27(38)20-9-16(30)11-22(32)24(20)35)13-19(8-14)41-28(39)21-10-17(31)12-23(33)25(21)36/h7-13,15,34-36H,3-6H2,1-2H3/p+1. The van der Waals surface area contributed by atoms with Crippen molar-refractivity contribution < 1.29 is 44.1 Å². The zero-order chi connectivity index (χ0) is 30.8. The largest absolute Gasteiger partial charge is 0.506 e. The molecule has 1 aliphatic heterocycles. The van der Waals surface area contributed by atoms with E-state index in [1.165, 1.54) is 30.3 Å². The Labute approximate surface area is 297 Å². The minimum Gasteiger partial charge on any atom is -0.506 e. The fourth-order valence-electron chi connectivity index (χ4n) is 4.58. The number of esters is 3. The minimum atomic E-state index is -0.865. The highest BCUT2D eigenvalue weighted by molar-refractivity contribution is 14.1. The third-order valence-electron chi connectivity index (χ3n) is 6.81. The molecular formula is C29H26I4NO8+. The van der Waals surface area contributed by atoms with E-state index in [9.17, 15) is 24.6 Å². The number of hydrogen-bond acceptors (Lipinski definition) is 8. The van der Waals surface area contributed by atoms with Crippen LogP contribution in [0.25, 0.3) is 0 Å². The summed E-state index contributed by atoms with van der Waals surface area (Å²) in [5.41, 5.74) is -0.888. The van der Waals surface area contributed by atoms with Gasteiger partial charge < -0.3 is 29.7 Å². The van der Waals surface area contributed by atoms with Crippen molar-refractivity contribution >= 4 is 108 Å². The molecule has 0 unspecified atom stereocenters. The Hall–Kier alpha value is -1.45. The van der Waals surface area contributed by atoms with Crippen molar-refractivity contribution in [2.75, 3.05) is 13.1 Å². The molecule has 0 aromatic heterocycles. The summed E-state index contributed by atoms with van der Waals surface area (Å²) in [6, 6.07) is 10.3. The number of quaternary nitrogens is 1. The van der Waals surface area contributed by atoms with Gasteiger partial charge in [-0.05, 0) is 141 Å². The number of phenols is 2. The van der Waals surface area contributed by atoms with Crippen LogP contribution in [0.15, 0.2) is 42.5 Å². The topological polar surface area (TPSA) is 136 Å². The molecule has 3 aromatic rings. The maximum absolute atomic E-state index is 13.4. The van der Waals surface area contributed by atoms with Gasteiger partial charge >= 0.3 is 17.9 Å². The Morgan fingerprint density at radius 1 is 0.738 bits per heavy atom. The molecule has 0 atom stereocenters. The van der Waals surface area contributed by atoms with Gasteiger partial charge in [-0.1, -0.05) is 0 Å². The van der Waals surface area contributed by atoms with Gasteiger partial charge in [0.2, 0.25) is 0 Å². The SMILES string of the molecule is CC(C)(OC(=O)c1cc(OC(=O)c2cc(I)cc(I)c2O)cc(OC(=O)c2cc(I)cc(I)c2O)c1)C1CC[NH2+]CC1. The van der Waals surface area contributed by atoms with Crippen LogP contribution in [0.3, 0.4) is 0 Å². The summed E-state index contributed by atoms with van der Waals surface area (Å²) in [4.78, 5) is 39.6. The molecule has 1 saturated heterocycles. The van der Waals surface area contributed by atoms with E-state index < -0.39 is 23.5 Å². The number of hydrogen-bond donors (Lipinski definition) is 3. The molecule has 0 bridgehead atoms. The molecule has 0 saturated carbocycles. The van der Waals surface area contributed by atoms with E-state index in [0.29, 0.717) is 14.3 Å². The number of halogens is 4. The summed E-state index contributed by atoms with van der Waals surface area (Å²) in [6.45, 7) is 5.64. The van der Waals surface area contributed by atoms with Crippen LogP contribution in [0.5, 0.6) is 23.0 Å². The molecule has 42 heavy (non-hydrogen) atoms. The maximum atomic E-state index is 13.4. The number of aromatic hydroxyl groups is 2. The lowest BCUT2D eigenvalue weighted by Crippen LogP contribution is -2.86. The van der Waals surface area contributed by atoms with Crippen molar-refractivity contribution in [3.8, 4) is 23.0 Å². The minimum absolute atomic E-state index is 0.00133. The van der Waals surface area contributed by atoms with Crippen molar-refractivity contribution in [2.24, 2.45) is 5.92 Å². The van der Waals surface area contributed by atoms with Crippen LogP contribution < -0.4 is 14.8 Å². The molecule has 1 heterocycles. The van der Waals surface area contributed by atoms with Crippen LogP contribution in [-0.4, -0.2) is 46.8 Å². The van der Waals surface area contributed by atoms with Gasteiger partial charge in [0, 0.05) is 32.0 Å². The molecule has 222 valence electrons. The molecule has 1 aliphatic rings. The third kappa shape index (κ3) is 8.17. The lowest BCUT2D eigenvalue weighted by atomic mass is 9.83. The molecule has 13 heteroatoms. The zero-order valence-corrected chi connectivity index (χ0v) is 31.0. The summed E-state index contributed by atoms with van der Waals surface area (Å²) in [5, 5.41) is 23.1. The van der Waals surface area contributed by atoms with Crippen LogP contribution in [0.2, 0.25) is 0 Å². The first-order valence-electron chi connectivity index (χ1n) is 12.8. The number of phenolic OH excluding ortho intramolecular Hbond substituents is 2. The van der Waals surface area contributed by atoms with Gasteiger partial charge in [0.05, 0.1) is 25.8 Å². The molecule has 0 spiro atoms. The van der Waals surface area contributed by atoms with Gasteiger partial charge in [-0.15, -0.1) is 0 Å². The summed E-state index contributed by atoms with van der Waals surface area (Å²) in [5.74, 6) is -2.92. The van der Waals surface area contributed by atoms with Crippen LogP contribution in [0.4, 0.5) is 0 Å². The van der Waals surface area contributed by atoms with Gasteiger partial charge in [0.1, 0.15) is 39.7 Å². The second-order valence-electron chi connectivity index (χ2n) is 10.2. The smallest absolute Gasteiger partial charge is 0.347 e. The second kappa shape index (κ2) is 14.1. The van der Waals surface area contributed by atoms with E-state index in [2.05, 4.69) is 5.32 Å². The Bertz CT molecular complexity index is 1460. The van der Waals surface area contributed by atoms with Crippen molar-refractivity contribution in [3.05, 3.63) is 73.4 Å². The van der Waals surface area contributed by atoms with Crippen molar-refractivity contribution in [3.63, 3.8) is 0 Å². The number of rotatable bonds is 7. The Kier molecular flexibility index (Phi) is 11.2. The van der Waals surface area contributed by atoms with Gasteiger partial charge in [0.25, 0.3) is 0 Å². The molecule has 4 N–H and O–H groups in total. The lowest BCUT2D eigenvalue weighted by molar-refractivity contribution is -0.665. The fourth-order valence-corrected chi connectivity index (χ4v) is 8.27. The van der Waals surface area contributed by atoms with Crippen LogP contribution in [-0.2, 0) is 4.74 Å². The summed E-state index contributed by atoms with van der Waals surface area (Å²) in [7, 11) is 0. The molecule has 3 aromatic carbocycles. The van der Waals surface area contributed by atoms with E-state index in [0.717, 1.165) is 25.9 Å². The predicted molar refractivity (Wildman–Crippen MR) is 187 cm³/mol. The Morgan fingerprint density at radius 2 is 1.19 bits per heavy atom. The zero-order valence-electron chi connectivity index (χ0n) is 22.4. The molecular weight excluding hydrogens is 998 g/mol. The summed E-state index contributed by atoms with van der Waals surface area (Å²) < 4.78 is 19.4. The highest BCUT2D eigenvalue weighted by Crippen LogP contribution is 2.33. The highest BCUT2D eigenvalue weighted by Gasteiger charge is 2.36. The van der Waals surface area contributed by atoms with E-state index in [4.69, 9.17) is 14.2 Å². The molecule has 0 radical (unpaired) electrons. The van der Waals surface area contributed by atoms with E-state index >= 15 is 0 Å². The molecule has 1 fully saturated rings. The van der Waals surface area contributed by atoms with Crippen LogP contribution >= 0.6 is 90.4 Å². The first kappa shape index (κ1) is 33.4. The first-order valence-corrected chi connectivity index (χ1v) is 17.1. The van der Waals surface area contributed by atoms with E-state index in [-0.39, 0.29) is 45.6 Å². The van der Waals surface area contributed by atoms with Crippen molar-refractivity contribution in [1.82, 2.24) is 0 Å². The average molecular weight is 1020 g/mol. The summed E-state index contributed by atoms with van der Waals surface area (Å²) in [6.07, 6.45) is 1.80. The highest BCUT2D eigenvalue weighted by atomic mass is 127. The summed E-state index contributed by atoms with van der Waals surface area (Å²) >= 11 is 7.87. The number of benzene rings is 3. The van der Waals surface area contributed by atoms with Crippen molar-refractivity contribution in [1.29, 1.82) is 0 Å². The van der Waals surface area contributed by atoms with Gasteiger partial charge in [-0.25, -0.2) is 14.4 Å². The number of ether oxygens (including phenoxy) is 3. The van der Waals surface area contributed by atoms with Crippen molar-refractivity contribution in [2.45, 2.75) is 32.3 Å². The van der Waals surface area contributed by atoms with E-state index in [1.807, 2.05) is 104 Å². The Balaban J connectivity index is 1.68. The molecule has 0 aliphatic carbocycles. The normalized spacial score (nSPS) is 13.9. The molecule has 9 nitrogen and oxygen atoms in total. The van der Waals surface area contributed by atoms with Crippen LogP contribution in [0, 0.1) is 20.2 Å². The second-order valence-corrected chi connectivity index (χ2v) is 15.0. The van der Waals surface area contributed by atoms with Crippen LogP contribution in [0.1, 0.15) is 57.8 Å². The van der Waals surface area contributed by atoms with Gasteiger partial charge in [-0.3, -0.25) is 0 Å². The van der Waals surface area contributed by atoms with Gasteiger partial charge in [0.15, 0.2) is 0 Å². The Morgan fingerprint density at radius 3 is 1.64 bits per heavy atom. The fraction of sp³-hybridized carbons (Fsp3) is 0.276. The van der Waals surface area contributed by atoms with E-state index in [1.54, 1.807) is 12.1 Å². The monoisotopic (exact) mass is 1020 g/mol. The number of nitrogens with two attached hydrogens (primary N) is 1. The molecule has 4 rings (SSSR count). The van der Waals surface area contributed by atoms with Gasteiger partial charge in [-0.2, -0.15) is 0 Å². The maximum Gasteiger partial charge on any atom is 0.347 e. The third-order valence-corrected chi connectivity index (χ3v) is 9.70. The lowest BCUT2D eigenvalue weighted by Gasteiger charge is -2.35. The molecule has 0 amide bonds. The number of piperidine rings is 1. The predicted octanol–water partition coefficient (Wildman–Crippen LogP) is 5.86. The first-order chi connectivity index (χ1) is 19.7.